The molecule has 1 aliphatic carbocycles. The van der Waals surface area contributed by atoms with E-state index >= 15 is 0 Å². The topological polar surface area (TPSA) is 53.1 Å². The normalized spacial score (nSPS) is 22.8. The van der Waals surface area contributed by atoms with Gasteiger partial charge in [-0.05, 0) is 45.6 Å². The van der Waals surface area contributed by atoms with Crippen molar-refractivity contribution in [3.63, 3.8) is 0 Å². The quantitative estimate of drug-likeness (QED) is 0.843. The molecule has 1 unspecified atom stereocenters. The number of hydrogen-bond donors (Lipinski definition) is 2. The van der Waals surface area contributed by atoms with Gasteiger partial charge in [0.05, 0.1) is 0 Å². The molecule has 1 atom stereocenters. The lowest BCUT2D eigenvalue weighted by Gasteiger charge is -2.20. The zero-order valence-electron chi connectivity index (χ0n) is 13.4. The van der Waals surface area contributed by atoms with Crippen molar-refractivity contribution >= 4 is 11.6 Å². The van der Waals surface area contributed by atoms with E-state index in [1.54, 1.807) is 0 Å². The van der Waals surface area contributed by atoms with E-state index in [1.807, 2.05) is 13.1 Å². The first-order chi connectivity index (χ1) is 10.2. The molecule has 0 aromatic carbocycles. The molecular formula is C16H27N5. The minimum atomic E-state index is 0.585. The molecule has 0 spiro atoms. The fourth-order valence-corrected chi connectivity index (χ4v) is 2.96. The predicted molar refractivity (Wildman–Crippen MR) is 86.9 cm³/mol. The first-order valence-corrected chi connectivity index (χ1v) is 8.20. The van der Waals surface area contributed by atoms with Crippen LogP contribution >= 0.6 is 0 Å². The highest BCUT2D eigenvalue weighted by atomic mass is 15.2. The van der Waals surface area contributed by atoms with Gasteiger partial charge in [0, 0.05) is 38.2 Å². The van der Waals surface area contributed by atoms with Crippen molar-refractivity contribution in [1.82, 2.24) is 14.9 Å². The fraction of sp³-hybridized carbons (Fsp3) is 0.750. The van der Waals surface area contributed by atoms with Crippen LogP contribution in [0.15, 0.2) is 6.07 Å². The molecule has 2 heterocycles. The number of nitrogens with zero attached hydrogens (tertiary/aromatic N) is 3. The van der Waals surface area contributed by atoms with Crippen molar-refractivity contribution in [3.8, 4) is 0 Å². The minimum absolute atomic E-state index is 0.585. The Morgan fingerprint density at radius 2 is 2.00 bits per heavy atom. The second-order valence-electron chi connectivity index (χ2n) is 6.65. The summed E-state index contributed by atoms with van der Waals surface area (Å²) < 4.78 is 0. The largest absolute Gasteiger partial charge is 0.373 e. The van der Waals surface area contributed by atoms with Crippen molar-refractivity contribution in [1.29, 1.82) is 0 Å². The van der Waals surface area contributed by atoms with Crippen LogP contribution in [0.4, 0.5) is 11.6 Å². The highest BCUT2D eigenvalue weighted by molar-refractivity contribution is 5.47. The third-order valence-corrected chi connectivity index (χ3v) is 4.56. The standard InChI is InChI=1S/C16H27N5/c1-11(2)21-7-6-12(10-21)9-18-15-8-14(17-3)19-16(20-15)13-4-5-13/h8,11-13H,4-7,9-10H2,1-3H3,(H2,17,18,19,20). The van der Waals surface area contributed by atoms with Crippen molar-refractivity contribution in [2.24, 2.45) is 5.92 Å². The molecule has 5 heteroatoms. The number of anilines is 2. The zero-order chi connectivity index (χ0) is 14.8. The molecule has 1 aliphatic heterocycles. The average molecular weight is 289 g/mol. The monoisotopic (exact) mass is 289 g/mol. The Morgan fingerprint density at radius 1 is 1.24 bits per heavy atom. The first kappa shape index (κ1) is 14.6. The second-order valence-corrected chi connectivity index (χ2v) is 6.65. The van der Waals surface area contributed by atoms with Crippen LogP contribution in [0.25, 0.3) is 0 Å². The Bertz CT molecular complexity index is 484. The molecule has 1 saturated carbocycles. The Labute approximate surface area is 127 Å². The van der Waals surface area contributed by atoms with Crippen LogP contribution in [0.2, 0.25) is 0 Å². The van der Waals surface area contributed by atoms with Gasteiger partial charge in [-0.1, -0.05) is 0 Å². The predicted octanol–water partition coefficient (Wildman–Crippen LogP) is 2.54. The van der Waals surface area contributed by atoms with Crippen LogP contribution in [0.5, 0.6) is 0 Å². The van der Waals surface area contributed by atoms with Crippen molar-refractivity contribution in [2.45, 2.75) is 45.1 Å². The lowest BCUT2D eigenvalue weighted by Crippen LogP contribution is -2.29. The smallest absolute Gasteiger partial charge is 0.136 e. The highest BCUT2D eigenvalue weighted by Gasteiger charge is 2.28. The zero-order valence-corrected chi connectivity index (χ0v) is 13.4. The summed E-state index contributed by atoms with van der Waals surface area (Å²) in [7, 11) is 1.92. The van der Waals surface area contributed by atoms with Crippen LogP contribution in [-0.4, -0.2) is 47.6 Å². The number of nitrogens with one attached hydrogen (secondary N) is 2. The van der Waals surface area contributed by atoms with Gasteiger partial charge in [-0.3, -0.25) is 0 Å². The summed E-state index contributed by atoms with van der Waals surface area (Å²) in [6, 6.07) is 2.67. The number of aromatic nitrogens is 2. The number of likely N-dealkylation sites (tertiary alicyclic amines) is 1. The number of hydrogen-bond acceptors (Lipinski definition) is 5. The van der Waals surface area contributed by atoms with Gasteiger partial charge in [-0.25, -0.2) is 9.97 Å². The van der Waals surface area contributed by atoms with Gasteiger partial charge in [0.2, 0.25) is 0 Å². The molecule has 0 radical (unpaired) electrons. The van der Waals surface area contributed by atoms with Gasteiger partial charge >= 0.3 is 0 Å². The van der Waals surface area contributed by atoms with E-state index < -0.39 is 0 Å². The maximum Gasteiger partial charge on any atom is 0.136 e. The van der Waals surface area contributed by atoms with Crippen LogP contribution in [0.3, 0.4) is 0 Å². The van der Waals surface area contributed by atoms with Crippen LogP contribution in [0.1, 0.15) is 44.9 Å². The molecule has 2 fully saturated rings. The van der Waals surface area contributed by atoms with Crippen LogP contribution in [0, 0.1) is 5.92 Å². The van der Waals surface area contributed by atoms with E-state index in [0.29, 0.717) is 12.0 Å². The molecule has 2 aliphatic rings. The van der Waals surface area contributed by atoms with Gasteiger partial charge < -0.3 is 15.5 Å². The lowest BCUT2D eigenvalue weighted by molar-refractivity contribution is 0.266. The Hall–Kier alpha value is -1.36. The molecule has 1 aromatic rings. The number of rotatable bonds is 6. The summed E-state index contributed by atoms with van der Waals surface area (Å²) >= 11 is 0. The average Bonchev–Trinajstić information content (AvgIpc) is 3.23. The Morgan fingerprint density at radius 3 is 2.62 bits per heavy atom. The molecule has 21 heavy (non-hydrogen) atoms. The summed E-state index contributed by atoms with van der Waals surface area (Å²) in [5.41, 5.74) is 0. The Balaban J connectivity index is 1.59. The van der Waals surface area contributed by atoms with E-state index in [9.17, 15) is 0 Å². The van der Waals surface area contributed by atoms with Gasteiger partial charge in [0.25, 0.3) is 0 Å². The van der Waals surface area contributed by atoms with Crippen LogP contribution in [-0.2, 0) is 0 Å². The van der Waals surface area contributed by atoms with E-state index in [1.165, 1.54) is 32.4 Å². The van der Waals surface area contributed by atoms with E-state index in [4.69, 9.17) is 0 Å². The molecule has 0 amide bonds. The molecular weight excluding hydrogens is 262 g/mol. The highest BCUT2D eigenvalue weighted by Crippen LogP contribution is 2.38. The maximum atomic E-state index is 4.68. The van der Waals surface area contributed by atoms with Crippen molar-refractivity contribution < 1.29 is 0 Å². The van der Waals surface area contributed by atoms with Crippen molar-refractivity contribution in [2.75, 3.05) is 37.3 Å². The van der Waals surface area contributed by atoms with Gasteiger partial charge in [0.15, 0.2) is 0 Å². The first-order valence-electron chi connectivity index (χ1n) is 8.20. The summed E-state index contributed by atoms with van der Waals surface area (Å²) in [5.74, 6) is 4.20. The molecule has 116 valence electrons. The third kappa shape index (κ3) is 3.64. The molecule has 3 rings (SSSR count). The summed E-state index contributed by atoms with van der Waals surface area (Å²) in [5, 5.41) is 6.67. The lowest BCUT2D eigenvalue weighted by atomic mass is 10.1. The summed E-state index contributed by atoms with van der Waals surface area (Å²) in [6.07, 6.45) is 3.75. The molecule has 5 nitrogen and oxygen atoms in total. The molecule has 2 N–H and O–H groups in total. The third-order valence-electron chi connectivity index (χ3n) is 4.56. The van der Waals surface area contributed by atoms with Crippen LogP contribution < -0.4 is 10.6 Å². The molecule has 0 bridgehead atoms. The van der Waals surface area contributed by atoms with Gasteiger partial charge in [-0.2, -0.15) is 0 Å². The van der Waals surface area contributed by atoms with Gasteiger partial charge in [-0.15, -0.1) is 0 Å². The van der Waals surface area contributed by atoms with E-state index in [2.05, 4.69) is 39.3 Å². The summed E-state index contributed by atoms with van der Waals surface area (Å²) in [4.78, 5) is 11.8. The van der Waals surface area contributed by atoms with E-state index in [-0.39, 0.29) is 0 Å². The van der Waals surface area contributed by atoms with E-state index in [0.717, 1.165) is 29.9 Å². The Kier molecular flexibility index (Phi) is 4.29. The minimum Gasteiger partial charge on any atom is -0.373 e. The molecule has 1 aromatic heterocycles. The second kappa shape index (κ2) is 6.18. The fourth-order valence-electron chi connectivity index (χ4n) is 2.96. The summed E-state index contributed by atoms with van der Waals surface area (Å²) in [6.45, 7) is 7.99. The van der Waals surface area contributed by atoms with Gasteiger partial charge in [0.1, 0.15) is 17.5 Å². The maximum absolute atomic E-state index is 4.68. The van der Waals surface area contributed by atoms with Crippen molar-refractivity contribution in [3.05, 3.63) is 11.9 Å². The SMILES string of the molecule is CNc1cc(NCC2CCN(C(C)C)C2)nc(C2CC2)n1. The molecule has 1 saturated heterocycles.